The van der Waals surface area contributed by atoms with Gasteiger partial charge in [0, 0.05) is 18.0 Å². The minimum atomic E-state index is 0.497. The monoisotopic (exact) mass is 305 g/mol. The summed E-state index contributed by atoms with van der Waals surface area (Å²) in [5.41, 5.74) is 1.29. The fourth-order valence-electron chi connectivity index (χ4n) is 2.79. The highest BCUT2D eigenvalue weighted by Crippen LogP contribution is 2.37. The Hall–Kier alpha value is -1.33. The quantitative estimate of drug-likeness (QED) is 0.882. The number of fused-ring (bicyclic) bond motifs is 1. The zero-order chi connectivity index (χ0) is 14.7. The summed E-state index contributed by atoms with van der Waals surface area (Å²) in [6.45, 7) is 4.07. The third-order valence-corrected chi connectivity index (χ3v) is 5.21. The normalized spacial score (nSPS) is 17.7. The van der Waals surface area contributed by atoms with Crippen LogP contribution in [0, 0.1) is 0 Å². The number of furan rings is 1. The fraction of sp³-hybridized carbons (Fsp3) is 0.562. The van der Waals surface area contributed by atoms with Crippen molar-refractivity contribution in [3.8, 4) is 0 Å². The molecule has 2 aromatic rings. The van der Waals surface area contributed by atoms with Crippen LogP contribution in [0.5, 0.6) is 0 Å². The van der Waals surface area contributed by atoms with E-state index in [-0.39, 0.29) is 0 Å². The summed E-state index contributed by atoms with van der Waals surface area (Å²) in [7, 11) is 2.08. The second-order valence-electron chi connectivity index (χ2n) is 5.64. The summed E-state index contributed by atoms with van der Waals surface area (Å²) < 4.78 is 5.42. The lowest BCUT2D eigenvalue weighted by Gasteiger charge is -2.22. The predicted molar refractivity (Wildman–Crippen MR) is 86.9 cm³/mol. The third kappa shape index (κ3) is 3.30. The van der Waals surface area contributed by atoms with Crippen molar-refractivity contribution in [3.63, 3.8) is 0 Å². The number of nitrogens with zero attached hydrogens (tertiary/aromatic N) is 2. The zero-order valence-corrected chi connectivity index (χ0v) is 13.6. The Morgan fingerprint density at radius 2 is 2.43 bits per heavy atom. The molecule has 0 bridgehead atoms. The van der Waals surface area contributed by atoms with E-state index in [1.54, 1.807) is 6.26 Å². The van der Waals surface area contributed by atoms with Crippen LogP contribution < -0.4 is 10.2 Å². The van der Waals surface area contributed by atoms with Gasteiger partial charge >= 0.3 is 0 Å². The summed E-state index contributed by atoms with van der Waals surface area (Å²) in [4.78, 5) is 8.47. The van der Waals surface area contributed by atoms with E-state index < -0.39 is 0 Å². The van der Waals surface area contributed by atoms with Crippen LogP contribution in [0.15, 0.2) is 22.8 Å². The molecule has 1 atom stereocenters. The van der Waals surface area contributed by atoms with Gasteiger partial charge in [0.15, 0.2) is 5.13 Å². The van der Waals surface area contributed by atoms with E-state index in [0.29, 0.717) is 6.04 Å². The number of hydrogen-bond donors (Lipinski definition) is 1. The lowest BCUT2D eigenvalue weighted by Crippen LogP contribution is -2.24. The van der Waals surface area contributed by atoms with E-state index in [1.165, 1.54) is 29.8 Å². The van der Waals surface area contributed by atoms with Crippen LogP contribution in [-0.4, -0.2) is 18.6 Å². The highest BCUT2D eigenvalue weighted by Gasteiger charge is 2.25. The van der Waals surface area contributed by atoms with Gasteiger partial charge in [-0.1, -0.05) is 18.3 Å². The first kappa shape index (κ1) is 14.6. The van der Waals surface area contributed by atoms with Crippen molar-refractivity contribution in [2.75, 3.05) is 18.5 Å². The Morgan fingerprint density at radius 1 is 1.52 bits per heavy atom. The number of aromatic nitrogens is 1. The van der Waals surface area contributed by atoms with Crippen LogP contribution in [0.25, 0.3) is 0 Å². The van der Waals surface area contributed by atoms with Gasteiger partial charge in [0.25, 0.3) is 0 Å². The van der Waals surface area contributed by atoms with Crippen LogP contribution in [-0.2, 0) is 13.0 Å². The number of hydrogen-bond acceptors (Lipinski definition) is 5. The average molecular weight is 305 g/mol. The molecule has 0 aliphatic heterocycles. The van der Waals surface area contributed by atoms with E-state index in [9.17, 15) is 0 Å². The molecule has 3 rings (SSSR count). The van der Waals surface area contributed by atoms with Crippen molar-refractivity contribution in [2.24, 2.45) is 0 Å². The molecule has 2 heterocycles. The first-order valence-corrected chi connectivity index (χ1v) is 8.56. The Kier molecular flexibility index (Phi) is 4.60. The molecule has 4 nitrogen and oxygen atoms in total. The van der Waals surface area contributed by atoms with Gasteiger partial charge in [0.1, 0.15) is 5.76 Å². The van der Waals surface area contributed by atoms with Gasteiger partial charge in [0.2, 0.25) is 0 Å². The van der Waals surface area contributed by atoms with Crippen LogP contribution in [0.1, 0.15) is 48.6 Å². The molecule has 1 aliphatic carbocycles. The molecular formula is C16H23N3OS. The molecule has 0 amide bonds. The topological polar surface area (TPSA) is 41.3 Å². The molecule has 21 heavy (non-hydrogen) atoms. The molecule has 2 aromatic heterocycles. The highest BCUT2D eigenvalue weighted by molar-refractivity contribution is 7.15. The van der Waals surface area contributed by atoms with Crippen LogP contribution >= 0.6 is 11.3 Å². The summed E-state index contributed by atoms with van der Waals surface area (Å²) in [5, 5.41) is 4.76. The summed E-state index contributed by atoms with van der Waals surface area (Å²) in [6, 6.07) is 4.44. The minimum Gasteiger partial charge on any atom is -0.467 e. The van der Waals surface area contributed by atoms with Crippen molar-refractivity contribution in [1.29, 1.82) is 0 Å². The van der Waals surface area contributed by atoms with Crippen LogP contribution in [0.3, 0.4) is 0 Å². The maximum Gasteiger partial charge on any atom is 0.185 e. The van der Waals surface area contributed by atoms with Gasteiger partial charge in [0.05, 0.1) is 18.5 Å². The second-order valence-corrected chi connectivity index (χ2v) is 6.65. The molecule has 0 saturated carbocycles. The van der Waals surface area contributed by atoms with E-state index in [1.807, 2.05) is 23.5 Å². The Balaban J connectivity index is 1.74. The zero-order valence-electron chi connectivity index (χ0n) is 12.8. The first-order chi connectivity index (χ1) is 10.3. The van der Waals surface area contributed by atoms with Gasteiger partial charge in [-0.15, -0.1) is 0 Å². The molecule has 5 heteroatoms. The molecule has 1 N–H and O–H groups in total. The summed E-state index contributed by atoms with van der Waals surface area (Å²) in [6.07, 6.45) is 6.48. The van der Waals surface area contributed by atoms with E-state index in [0.717, 1.165) is 30.4 Å². The number of anilines is 1. The highest BCUT2D eigenvalue weighted by atomic mass is 32.1. The smallest absolute Gasteiger partial charge is 0.185 e. The minimum absolute atomic E-state index is 0.497. The maximum absolute atomic E-state index is 5.42. The molecular weight excluding hydrogens is 282 g/mol. The largest absolute Gasteiger partial charge is 0.467 e. The van der Waals surface area contributed by atoms with Gasteiger partial charge in [-0.3, -0.25) is 0 Å². The van der Waals surface area contributed by atoms with E-state index >= 15 is 0 Å². The van der Waals surface area contributed by atoms with Crippen molar-refractivity contribution >= 4 is 16.5 Å². The second kappa shape index (κ2) is 6.62. The Bertz CT molecular complexity index is 564. The Morgan fingerprint density at radius 3 is 3.19 bits per heavy atom. The lowest BCUT2D eigenvalue weighted by atomic mass is 9.98. The van der Waals surface area contributed by atoms with Crippen molar-refractivity contribution < 1.29 is 4.42 Å². The molecule has 0 radical (unpaired) electrons. The van der Waals surface area contributed by atoms with Crippen LogP contribution in [0.4, 0.5) is 5.13 Å². The van der Waals surface area contributed by atoms with Crippen LogP contribution in [0.2, 0.25) is 0 Å². The molecule has 1 aliphatic rings. The third-order valence-electron chi connectivity index (χ3n) is 3.88. The van der Waals surface area contributed by atoms with Crippen molar-refractivity contribution in [1.82, 2.24) is 10.3 Å². The SMILES string of the molecule is CCCNC1CCCc2nc(N(C)Cc3ccco3)sc21. The van der Waals surface area contributed by atoms with Gasteiger partial charge in [-0.2, -0.15) is 0 Å². The van der Waals surface area contributed by atoms with Gasteiger partial charge in [-0.25, -0.2) is 4.98 Å². The maximum atomic E-state index is 5.42. The molecule has 114 valence electrons. The predicted octanol–water partition coefficient (Wildman–Crippen LogP) is 3.75. The number of aryl methyl sites for hydroxylation is 1. The number of thiazole rings is 1. The van der Waals surface area contributed by atoms with Gasteiger partial charge < -0.3 is 14.6 Å². The van der Waals surface area contributed by atoms with Gasteiger partial charge in [-0.05, 0) is 44.4 Å². The molecule has 0 saturated heterocycles. The first-order valence-electron chi connectivity index (χ1n) is 7.74. The van der Waals surface area contributed by atoms with Crippen molar-refractivity contribution in [3.05, 3.63) is 34.7 Å². The number of nitrogens with one attached hydrogen (secondary N) is 1. The van der Waals surface area contributed by atoms with Crippen molar-refractivity contribution in [2.45, 2.75) is 45.2 Å². The molecule has 1 unspecified atom stereocenters. The number of rotatable bonds is 6. The summed E-state index contributed by atoms with van der Waals surface area (Å²) >= 11 is 1.83. The van der Waals surface area contributed by atoms with E-state index in [4.69, 9.17) is 9.40 Å². The van der Waals surface area contributed by atoms with E-state index in [2.05, 4.69) is 24.2 Å². The Labute approximate surface area is 130 Å². The molecule has 0 spiro atoms. The lowest BCUT2D eigenvalue weighted by molar-refractivity contribution is 0.464. The fourth-order valence-corrected chi connectivity index (χ4v) is 3.97. The standard InChI is InChI=1S/C16H23N3OS/c1-3-9-17-13-7-4-8-14-15(13)21-16(18-14)19(2)11-12-6-5-10-20-12/h5-6,10,13,17H,3-4,7-9,11H2,1-2H3. The molecule has 0 fully saturated rings. The summed E-state index contributed by atoms with van der Waals surface area (Å²) in [5.74, 6) is 0.978. The molecule has 0 aromatic carbocycles. The average Bonchev–Trinajstić information content (AvgIpc) is 3.13.